The summed E-state index contributed by atoms with van der Waals surface area (Å²) in [5, 5.41) is 10.3. The predicted molar refractivity (Wildman–Crippen MR) is 99.5 cm³/mol. The van der Waals surface area contributed by atoms with Crippen molar-refractivity contribution in [1.82, 2.24) is 4.31 Å². The fourth-order valence-corrected chi connectivity index (χ4v) is 5.89. The molecule has 0 unspecified atom stereocenters. The van der Waals surface area contributed by atoms with Gasteiger partial charge in [0.25, 0.3) is 0 Å². The van der Waals surface area contributed by atoms with Crippen LogP contribution < -0.4 is 0 Å². The fraction of sp³-hybridized carbons (Fsp3) is 0.400. The Morgan fingerprint density at radius 2 is 1.44 bits per heavy atom. The normalized spacial score (nSPS) is 19.9. The number of piperidine rings is 1. The van der Waals surface area contributed by atoms with Crippen molar-refractivity contribution in [1.29, 1.82) is 0 Å². The average Bonchev–Trinajstić information content (AvgIpc) is 2.64. The Labute approximate surface area is 150 Å². The van der Waals surface area contributed by atoms with E-state index in [0.29, 0.717) is 24.2 Å². The number of rotatable bonds is 5. The first-order chi connectivity index (χ1) is 11.9. The van der Waals surface area contributed by atoms with Crippen molar-refractivity contribution in [3.63, 3.8) is 0 Å². The zero-order chi connectivity index (χ0) is 17.9. The molecule has 2 aromatic carbocycles. The first-order valence-electron chi connectivity index (χ1n) is 8.76. The highest BCUT2D eigenvalue weighted by molar-refractivity contribution is 7.89. The number of sulfonamides is 1. The SMILES string of the molecule is C[C@](O)(c1ccccc1)[C@H](c1ccccc1)S(=O)(=O)N1CCCCC1. The Morgan fingerprint density at radius 3 is 2.00 bits per heavy atom. The van der Waals surface area contributed by atoms with Crippen LogP contribution >= 0.6 is 0 Å². The third-order valence-electron chi connectivity index (χ3n) is 4.94. The molecule has 134 valence electrons. The Morgan fingerprint density at radius 1 is 0.920 bits per heavy atom. The van der Waals surface area contributed by atoms with Crippen LogP contribution in [0.25, 0.3) is 0 Å². The lowest BCUT2D eigenvalue weighted by Crippen LogP contribution is -2.45. The van der Waals surface area contributed by atoms with E-state index >= 15 is 0 Å². The summed E-state index contributed by atoms with van der Waals surface area (Å²) in [5.74, 6) is 0. The van der Waals surface area contributed by atoms with Crippen molar-refractivity contribution in [3.05, 3.63) is 71.8 Å². The van der Waals surface area contributed by atoms with Gasteiger partial charge in [0, 0.05) is 13.1 Å². The van der Waals surface area contributed by atoms with Crippen LogP contribution in [0.5, 0.6) is 0 Å². The molecule has 2 aromatic rings. The topological polar surface area (TPSA) is 57.6 Å². The van der Waals surface area contributed by atoms with E-state index in [1.54, 1.807) is 35.5 Å². The van der Waals surface area contributed by atoms with Gasteiger partial charge in [-0.3, -0.25) is 0 Å². The minimum atomic E-state index is -3.70. The zero-order valence-electron chi connectivity index (χ0n) is 14.5. The summed E-state index contributed by atoms with van der Waals surface area (Å²) in [6, 6.07) is 18.1. The molecule has 1 N–H and O–H groups in total. The van der Waals surface area contributed by atoms with Crippen LogP contribution in [0.4, 0.5) is 0 Å². The molecule has 25 heavy (non-hydrogen) atoms. The highest BCUT2D eigenvalue weighted by Gasteiger charge is 2.46. The summed E-state index contributed by atoms with van der Waals surface area (Å²) in [7, 11) is -3.70. The molecular formula is C20H25NO3S. The largest absolute Gasteiger partial charge is 0.384 e. The van der Waals surface area contributed by atoms with Gasteiger partial charge in [0.05, 0.1) is 0 Å². The lowest BCUT2D eigenvalue weighted by Gasteiger charge is -2.38. The third kappa shape index (κ3) is 3.64. The second kappa shape index (κ2) is 7.28. The van der Waals surface area contributed by atoms with E-state index in [1.807, 2.05) is 36.4 Å². The molecule has 0 saturated carbocycles. The fourth-order valence-electron chi connectivity index (χ4n) is 3.61. The van der Waals surface area contributed by atoms with Gasteiger partial charge in [-0.25, -0.2) is 12.7 Å². The number of hydrogen-bond acceptors (Lipinski definition) is 3. The maximum absolute atomic E-state index is 13.5. The summed E-state index contributed by atoms with van der Waals surface area (Å²) in [6.07, 6.45) is 2.79. The molecule has 3 rings (SSSR count). The van der Waals surface area contributed by atoms with Crippen molar-refractivity contribution in [2.45, 2.75) is 37.0 Å². The second-order valence-electron chi connectivity index (χ2n) is 6.81. The average molecular weight is 359 g/mol. The summed E-state index contributed by atoms with van der Waals surface area (Å²) in [6.45, 7) is 2.65. The Hall–Kier alpha value is -1.69. The first-order valence-corrected chi connectivity index (χ1v) is 10.3. The van der Waals surface area contributed by atoms with Gasteiger partial charge >= 0.3 is 0 Å². The number of nitrogens with zero attached hydrogens (tertiary/aromatic N) is 1. The van der Waals surface area contributed by atoms with Gasteiger partial charge in [-0.2, -0.15) is 0 Å². The van der Waals surface area contributed by atoms with Gasteiger partial charge in [0.2, 0.25) is 10.0 Å². The van der Waals surface area contributed by atoms with Crippen molar-refractivity contribution in [2.75, 3.05) is 13.1 Å². The molecule has 0 aliphatic carbocycles. The molecule has 0 amide bonds. The minimum Gasteiger partial charge on any atom is -0.384 e. The molecule has 0 aromatic heterocycles. The van der Waals surface area contributed by atoms with Gasteiger partial charge in [-0.15, -0.1) is 0 Å². The standard InChI is InChI=1S/C20H25NO3S/c1-20(22,18-13-7-3-8-14-18)19(17-11-5-2-6-12-17)25(23,24)21-15-9-4-10-16-21/h2-3,5-8,11-14,19,22H,4,9-10,15-16H2,1H3/t19-,20-/m0/s1. The predicted octanol–water partition coefficient (Wildman–Crippen LogP) is 3.45. The Bertz CT molecular complexity index is 782. The van der Waals surface area contributed by atoms with E-state index < -0.39 is 20.9 Å². The molecule has 5 heteroatoms. The second-order valence-corrected chi connectivity index (χ2v) is 8.83. The zero-order valence-corrected chi connectivity index (χ0v) is 15.3. The monoisotopic (exact) mass is 359 g/mol. The summed E-state index contributed by atoms with van der Waals surface area (Å²) >= 11 is 0. The van der Waals surface area contributed by atoms with Crippen LogP contribution in [0.1, 0.15) is 42.6 Å². The van der Waals surface area contributed by atoms with E-state index in [1.165, 1.54) is 0 Å². The van der Waals surface area contributed by atoms with Gasteiger partial charge in [-0.05, 0) is 30.9 Å². The lowest BCUT2D eigenvalue weighted by molar-refractivity contribution is 0.0492. The van der Waals surface area contributed by atoms with Crippen LogP contribution in [0, 0.1) is 0 Å². The number of benzene rings is 2. The molecular weight excluding hydrogens is 334 g/mol. The molecule has 2 atom stereocenters. The number of aliphatic hydroxyl groups is 1. The molecule has 1 aliphatic heterocycles. The molecule has 0 spiro atoms. The smallest absolute Gasteiger partial charge is 0.224 e. The van der Waals surface area contributed by atoms with Gasteiger partial charge in [-0.1, -0.05) is 67.1 Å². The molecule has 1 saturated heterocycles. The van der Waals surface area contributed by atoms with Crippen molar-refractivity contribution < 1.29 is 13.5 Å². The number of hydrogen-bond donors (Lipinski definition) is 1. The molecule has 0 bridgehead atoms. The van der Waals surface area contributed by atoms with Crippen LogP contribution in [0.3, 0.4) is 0 Å². The summed E-state index contributed by atoms with van der Waals surface area (Å²) in [4.78, 5) is 0. The maximum Gasteiger partial charge on any atom is 0.224 e. The van der Waals surface area contributed by atoms with E-state index in [9.17, 15) is 13.5 Å². The lowest BCUT2D eigenvalue weighted by atomic mass is 9.88. The van der Waals surface area contributed by atoms with Gasteiger partial charge in [0.1, 0.15) is 10.9 Å². The van der Waals surface area contributed by atoms with Crippen molar-refractivity contribution in [3.8, 4) is 0 Å². The highest BCUT2D eigenvalue weighted by atomic mass is 32.2. The van der Waals surface area contributed by atoms with E-state index in [2.05, 4.69) is 0 Å². The highest BCUT2D eigenvalue weighted by Crippen LogP contribution is 2.42. The van der Waals surface area contributed by atoms with Crippen LogP contribution in [-0.4, -0.2) is 30.9 Å². The quantitative estimate of drug-likeness (QED) is 0.889. The van der Waals surface area contributed by atoms with Gasteiger partial charge in [0.15, 0.2) is 0 Å². The molecule has 1 fully saturated rings. The van der Waals surface area contributed by atoms with Crippen LogP contribution in [0.15, 0.2) is 60.7 Å². The molecule has 4 nitrogen and oxygen atoms in total. The molecule has 0 radical (unpaired) electrons. The Kier molecular flexibility index (Phi) is 5.27. The molecule has 1 heterocycles. The summed E-state index contributed by atoms with van der Waals surface area (Å²) < 4.78 is 28.5. The first kappa shape index (κ1) is 18.1. The third-order valence-corrected chi connectivity index (χ3v) is 7.36. The Balaban J connectivity index is 2.10. The van der Waals surface area contributed by atoms with Crippen molar-refractivity contribution >= 4 is 10.0 Å². The van der Waals surface area contributed by atoms with Crippen LogP contribution in [-0.2, 0) is 15.6 Å². The van der Waals surface area contributed by atoms with E-state index in [0.717, 1.165) is 19.3 Å². The van der Waals surface area contributed by atoms with Crippen LogP contribution in [0.2, 0.25) is 0 Å². The minimum absolute atomic E-state index is 0.524. The van der Waals surface area contributed by atoms with Gasteiger partial charge < -0.3 is 5.11 Å². The van der Waals surface area contributed by atoms with E-state index in [-0.39, 0.29) is 0 Å². The maximum atomic E-state index is 13.5. The van der Waals surface area contributed by atoms with E-state index in [4.69, 9.17) is 0 Å². The molecule has 1 aliphatic rings. The van der Waals surface area contributed by atoms with Crippen molar-refractivity contribution in [2.24, 2.45) is 0 Å². The summed E-state index contributed by atoms with van der Waals surface area (Å²) in [5.41, 5.74) is -0.315.